The van der Waals surface area contributed by atoms with Gasteiger partial charge in [-0.25, -0.2) is 0 Å². The number of rotatable bonds is 1. The molecule has 3 aromatic rings. The molecule has 0 bridgehead atoms. The van der Waals surface area contributed by atoms with Crippen LogP contribution in [0.4, 0.5) is 0 Å². The van der Waals surface area contributed by atoms with Gasteiger partial charge in [0.15, 0.2) is 0 Å². The van der Waals surface area contributed by atoms with Gasteiger partial charge in [0, 0.05) is 23.8 Å². The molecule has 1 aliphatic heterocycles. The largest absolute Gasteiger partial charge is 0.496 e. The molecule has 0 aliphatic carbocycles. The van der Waals surface area contributed by atoms with Crippen LogP contribution in [0, 0.1) is 3.57 Å². The van der Waals surface area contributed by atoms with E-state index >= 15 is 0 Å². The summed E-state index contributed by atoms with van der Waals surface area (Å²) in [5, 5.41) is 2.60. The Labute approximate surface area is 154 Å². The summed E-state index contributed by atoms with van der Waals surface area (Å²) in [5.41, 5.74) is 0.509. The van der Waals surface area contributed by atoms with E-state index in [1.165, 1.54) is 23.7 Å². The molecule has 1 saturated heterocycles. The van der Waals surface area contributed by atoms with Crippen LogP contribution in [-0.2, 0) is 9.31 Å². The molecule has 0 N–H and O–H groups in total. The number of hydrogen-bond acceptors (Lipinski definition) is 3. The summed E-state index contributed by atoms with van der Waals surface area (Å²) in [6, 6.07) is 13.0. The molecule has 2 aromatic carbocycles. The monoisotopic (exact) mass is 436 g/mol. The minimum Gasteiger partial charge on any atom is -0.399 e. The van der Waals surface area contributed by atoms with Crippen molar-refractivity contribution < 1.29 is 9.31 Å². The second kappa shape index (κ2) is 5.18. The topological polar surface area (TPSA) is 18.5 Å². The van der Waals surface area contributed by atoms with Crippen molar-refractivity contribution >= 4 is 66.7 Å². The minimum atomic E-state index is -0.314. The zero-order chi connectivity index (χ0) is 16.4. The van der Waals surface area contributed by atoms with Crippen molar-refractivity contribution in [3.05, 3.63) is 40.0 Å². The first-order valence-electron chi connectivity index (χ1n) is 7.75. The molecular weight excluding hydrogens is 418 g/mol. The molecule has 4 rings (SSSR count). The highest BCUT2D eigenvalue weighted by Crippen LogP contribution is 2.39. The molecule has 118 valence electrons. The van der Waals surface area contributed by atoms with Crippen LogP contribution in [-0.4, -0.2) is 18.3 Å². The van der Waals surface area contributed by atoms with Crippen molar-refractivity contribution in [1.82, 2.24) is 0 Å². The van der Waals surface area contributed by atoms with Gasteiger partial charge in [-0.15, -0.1) is 11.3 Å². The number of fused-ring (bicyclic) bond motifs is 3. The van der Waals surface area contributed by atoms with Gasteiger partial charge in [0.1, 0.15) is 0 Å². The first-order chi connectivity index (χ1) is 10.8. The maximum absolute atomic E-state index is 6.26. The lowest BCUT2D eigenvalue weighted by Gasteiger charge is -2.32. The first-order valence-corrected chi connectivity index (χ1v) is 9.64. The van der Waals surface area contributed by atoms with Gasteiger partial charge in [0.2, 0.25) is 0 Å². The molecule has 0 saturated carbocycles. The summed E-state index contributed by atoms with van der Waals surface area (Å²) in [7, 11) is -0.309. The third-order valence-electron chi connectivity index (χ3n) is 5.00. The molecular formula is C18H18BIO2S. The Bertz CT molecular complexity index is 900. The lowest BCUT2D eigenvalue weighted by Crippen LogP contribution is -2.41. The maximum atomic E-state index is 6.26. The van der Waals surface area contributed by atoms with Crippen LogP contribution in [0.25, 0.3) is 20.2 Å². The van der Waals surface area contributed by atoms with Gasteiger partial charge < -0.3 is 9.31 Å². The van der Waals surface area contributed by atoms with Crippen LogP contribution in [0.5, 0.6) is 0 Å². The number of hydrogen-bond donors (Lipinski definition) is 0. The van der Waals surface area contributed by atoms with E-state index in [1.807, 2.05) is 11.3 Å². The fourth-order valence-electron chi connectivity index (χ4n) is 2.95. The Kier molecular flexibility index (Phi) is 3.58. The van der Waals surface area contributed by atoms with Crippen LogP contribution in [0.2, 0.25) is 0 Å². The number of benzene rings is 2. The predicted molar refractivity (Wildman–Crippen MR) is 108 cm³/mol. The van der Waals surface area contributed by atoms with Crippen LogP contribution in [0.1, 0.15) is 27.7 Å². The van der Waals surface area contributed by atoms with E-state index in [0.29, 0.717) is 0 Å². The Balaban J connectivity index is 1.90. The average Bonchev–Trinajstić information content (AvgIpc) is 2.93. The third kappa shape index (κ3) is 2.44. The second-order valence-corrected chi connectivity index (χ2v) is 9.35. The Morgan fingerprint density at radius 1 is 0.957 bits per heavy atom. The first kappa shape index (κ1) is 15.9. The van der Waals surface area contributed by atoms with E-state index in [2.05, 4.69) is 86.7 Å². The van der Waals surface area contributed by atoms with Gasteiger partial charge in [-0.05, 0) is 73.9 Å². The third-order valence-corrected chi connectivity index (χ3v) is 6.90. The molecule has 2 nitrogen and oxygen atoms in total. The summed E-state index contributed by atoms with van der Waals surface area (Å²) in [6.45, 7) is 8.39. The lowest BCUT2D eigenvalue weighted by atomic mass is 9.78. The lowest BCUT2D eigenvalue weighted by molar-refractivity contribution is 0.00578. The standard InChI is InChI=1S/C18H18BIO2S/c1-17(2)18(3,4)22-19(21-17)14-7-5-6-12-13-10-11(20)8-9-15(13)23-16(12)14/h5-10H,1-4H3. The van der Waals surface area contributed by atoms with Gasteiger partial charge in [-0.3, -0.25) is 0 Å². The zero-order valence-electron chi connectivity index (χ0n) is 13.6. The SMILES string of the molecule is CC1(C)OB(c2cccc3c2sc2ccc(I)cc23)OC1(C)C. The Morgan fingerprint density at radius 3 is 2.35 bits per heavy atom. The van der Waals surface area contributed by atoms with Gasteiger partial charge in [-0.2, -0.15) is 0 Å². The minimum absolute atomic E-state index is 0.309. The molecule has 23 heavy (non-hydrogen) atoms. The van der Waals surface area contributed by atoms with Gasteiger partial charge >= 0.3 is 7.12 Å². The summed E-state index contributed by atoms with van der Waals surface area (Å²) in [5.74, 6) is 0. The van der Waals surface area contributed by atoms with Crippen LogP contribution in [0.15, 0.2) is 36.4 Å². The number of halogens is 1. The van der Waals surface area contributed by atoms with Crippen molar-refractivity contribution in [3.63, 3.8) is 0 Å². The van der Waals surface area contributed by atoms with E-state index < -0.39 is 0 Å². The summed E-state index contributed by atoms with van der Waals surface area (Å²) < 4.78 is 16.4. The molecule has 1 fully saturated rings. The van der Waals surface area contributed by atoms with Crippen LogP contribution in [0.3, 0.4) is 0 Å². The summed E-state index contributed by atoms with van der Waals surface area (Å²) >= 11 is 4.19. The van der Waals surface area contributed by atoms with Crippen LogP contribution >= 0.6 is 33.9 Å². The molecule has 0 unspecified atom stereocenters. The fourth-order valence-corrected chi connectivity index (χ4v) is 4.64. The molecule has 0 spiro atoms. The van der Waals surface area contributed by atoms with Crippen molar-refractivity contribution in [1.29, 1.82) is 0 Å². The van der Waals surface area contributed by atoms with E-state index in [9.17, 15) is 0 Å². The van der Waals surface area contributed by atoms with Gasteiger partial charge in [0.05, 0.1) is 11.2 Å². The average molecular weight is 436 g/mol. The molecule has 0 atom stereocenters. The fraction of sp³-hybridized carbons (Fsp3) is 0.333. The molecule has 1 aliphatic rings. The Hall–Kier alpha value is -0.625. The van der Waals surface area contributed by atoms with E-state index in [-0.39, 0.29) is 18.3 Å². The van der Waals surface area contributed by atoms with Crippen LogP contribution < -0.4 is 5.46 Å². The maximum Gasteiger partial charge on any atom is 0.496 e. The van der Waals surface area contributed by atoms with Crippen molar-refractivity contribution in [3.8, 4) is 0 Å². The highest BCUT2D eigenvalue weighted by atomic mass is 127. The van der Waals surface area contributed by atoms with Gasteiger partial charge in [-0.1, -0.05) is 18.2 Å². The van der Waals surface area contributed by atoms with E-state index in [0.717, 1.165) is 5.46 Å². The predicted octanol–water partition coefficient (Wildman–Crippen LogP) is 4.96. The molecule has 1 aromatic heterocycles. The molecule has 2 heterocycles. The quantitative estimate of drug-likeness (QED) is 0.397. The summed E-state index contributed by atoms with van der Waals surface area (Å²) in [4.78, 5) is 0. The zero-order valence-corrected chi connectivity index (χ0v) is 16.6. The van der Waals surface area contributed by atoms with Crippen molar-refractivity contribution in [2.75, 3.05) is 0 Å². The second-order valence-electron chi connectivity index (χ2n) is 7.05. The molecule has 5 heteroatoms. The number of thiophene rings is 1. The smallest absolute Gasteiger partial charge is 0.399 e. The molecule has 0 radical (unpaired) electrons. The van der Waals surface area contributed by atoms with Crippen molar-refractivity contribution in [2.45, 2.75) is 38.9 Å². The van der Waals surface area contributed by atoms with E-state index in [1.54, 1.807) is 0 Å². The van der Waals surface area contributed by atoms with Crippen molar-refractivity contribution in [2.24, 2.45) is 0 Å². The molecule has 0 amide bonds. The highest BCUT2D eigenvalue weighted by molar-refractivity contribution is 14.1. The summed E-state index contributed by atoms with van der Waals surface area (Å²) in [6.07, 6.45) is 0. The Morgan fingerprint density at radius 2 is 1.65 bits per heavy atom. The van der Waals surface area contributed by atoms with E-state index in [4.69, 9.17) is 9.31 Å². The normalized spacial score (nSPS) is 19.8. The van der Waals surface area contributed by atoms with Gasteiger partial charge in [0.25, 0.3) is 0 Å². The highest BCUT2D eigenvalue weighted by Gasteiger charge is 2.52.